The molecule has 0 aliphatic heterocycles. The van der Waals surface area contributed by atoms with E-state index in [-0.39, 0.29) is 92.5 Å². The van der Waals surface area contributed by atoms with Crippen LogP contribution in [0.5, 0.6) is 34.5 Å². The Kier molecular flexibility index (Phi) is 18.1. The molecule has 0 spiro atoms. The summed E-state index contributed by atoms with van der Waals surface area (Å²) in [6, 6.07) is 21.9. The quantitative estimate of drug-likeness (QED) is 0.0516. The summed E-state index contributed by atoms with van der Waals surface area (Å²) in [4.78, 5) is 0. The van der Waals surface area contributed by atoms with E-state index in [1.807, 2.05) is 24.3 Å². The molecular formula is C40H50O13. The highest BCUT2D eigenvalue weighted by Crippen LogP contribution is 2.46. The molecule has 0 aromatic heterocycles. The fourth-order valence-electron chi connectivity index (χ4n) is 5.66. The van der Waals surface area contributed by atoms with Gasteiger partial charge in [0, 0.05) is 35.1 Å². The Hall–Kier alpha value is -4.44. The van der Waals surface area contributed by atoms with Gasteiger partial charge in [0.15, 0.2) is 0 Å². The molecule has 0 aliphatic rings. The maximum Gasteiger partial charge on any atom is 0.135 e. The summed E-state index contributed by atoms with van der Waals surface area (Å²) in [5, 5.41) is 56.3. The third-order valence-corrected chi connectivity index (χ3v) is 7.85. The summed E-state index contributed by atoms with van der Waals surface area (Å²) < 4.78 is 41.4. The predicted molar refractivity (Wildman–Crippen MR) is 197 cm³/mol. The molecule has 0 bridgehead atoms. The minimum absolute atomic E-state index is 0.0667. The van der Waals surface area contributed by atoms with Crippen molar-refractivity contribution in [3.8, 4) is 56.8 Å². The van der Waals surface area contributed by atoms with Gasteiger partial charge in [0.1, 0.15) is 60.9 Å². The fourth-order valence-corrected chi connectivity index (χ4v) is 5.66. The number of ether oxygens (including phenoxy) is 7. The van der Waals surface area contributed by atoms with Gasteiger partial charge in [-0.15, -0.1) is 0 Å². The van der Waals surface area contributed by atoms with E-state index in [2.05, 4.69) is 0 Å². The summed E-state index contributed by atoms with van der Waals surface area (Å²) in [7, 11) is 0. The van der Waals surface area contributed by atoms with Crippen molar-refractivity contribution in [2.24, 2.45) is 0 Å². The highest BCUT2D eigenvalue weighted by atomic mass is 16.5. The van der Waals surface area contributed by atoms with E-state index < -0.39 is 0 Å². The van der Waals surface area contributed by atoms with Crippen LogP contribution in [-0.2, 0) is 22.3 Å². The average molecular weight is 739 g/mol. The average Bonchev–Trinajstić information content (AvgIpc) is 3.19. The first-order chi connectivity index (χ1) is 26.1. The molecule has 4 aromatic carbocycles. The van der Waals surface area contributed by atoms with Gasteiger partial charge < -0.3 is 63.8 Å². The molecular weight excluding hydrogens is 688 g/mol. The van der Waals surface area contributed by atoms with Crippen LogP contribution in [0, 0.1) is 0 Å². The lowest BCUT2D eigenvalue weighted by Gasteiger charge is -2.23. The van der Waals surface area contributed by atoms with E-state index in [9.17, 15) is 30.6 Å². The van der Waals surface area contributed by atoms with Crippen LogP contribution in [0.4, 0.5) is 0 Å². The lowest BCUT2D eigenvalue weighted by atomic mass is 9.94. The molecule has 288 valence electrons. The van der Waals surface area contributed by atoms with Crippen LogP contribution in [0.2, 0.25) is 0 Å². The van der Waals surface area contributed by atoms with Gasteiger partial charge >= 0.3 is 0 Å². The highest BCUT2D eigenvalue weighted by Gasteiger charge is 2.23. The van der Waals surface area contributed by atoms with E-state index in [0.29, 0.717) is 58.5 Å². The molecule has 6 N–H and O–H groups in total. The number of benzene rings is 4. The normalized spacial score (nSPS) is 11.1. The van der Waals surface area contributed by atoms with Gasteiger partial charge in [-0.1, -0.05) is 24.3 Å². The Balaban J connectivity index is 1.91. The standard InChI is InChI=1S/C40H50O13/c41-15-23-47-21-13-33-35(51-27-19-45)9-11-37(39(33)29-1-5-31(6-2-29)49-25-17-43)53-38-12-10-36(52-28-20-46)34(14-22-48-24-16-42)40(38)30-3-7-32(8-4-30)50-26-18-44/h1-12,41-46H,13-28H2. The predicted octanol–water partition coefficient (Wildman–Crippen LogP) is 3.40. The number of rotatable bonds is 26. The molecule has 0 unspecified atom stereocenters. The van der Waals surface area contributed by atoms with Gasteiger partial charge in [0.05, 0.1) is 66.1 Å². The first-order valence-electron chi connectivity index (χ1n) is 17.6. The molecule has 0 fully saturated rings. The molecule has 13 heteroatoms. The van der Waals surface area contributed by atoms with Gasteiger partial charge in [-0.25, -0.2) is 0 Å². The van der Waals surface area contributed by atoms with Gasteiger partial charge in [0.25, 0.3) is 0 Å². The molecule has 0 radical (unpaired) electrons. The molecule has 53 heavy (non-hydrogen) atoms. The zero-order chi connectivity index (χ0) is 37.7. The Morgan fingerprint density at radius 1 is 0.340 bits per heavy atom. The number of hydrogen-bond donors (Lipinski definition) is 6. The summed E-state index contributed by atoms with van der Waals surface area (Å²) >= 11 is 0. The minimum atomic E-state index is -0.187. The molecule has 0 atom stereocenters. The van der Waals surface area contributed by atoms with Gasteiger partial charge in [-0.2, -0.15) is 0 Å². The molecule has 13 nitrogen and oxygen atoms in total. The second-order valence-electron chi connectivity index (χ2n) is 11.4. The van der Waals surface area contributed by atoms with Gasteiger partial charge in [-0.3, -0.25) is 0 Å². The lowest BCUT2D eigenvalue weighted by molar-refractivity contribution is 0.0939. The summed E-state index contributed by atoms with van der Waals surface area (Å²) in [6.45, 7) is 0.437. The van der Waals surface area contributed by atoms with E-state index in [4.69, 9.17) is 33.2 Å². The van der Waals surface area contributed by atoms with E-state index >= 15 is 0 Å². The van der Waals surface area contributed by atoms with Crippen molar-refractivity contribution in [3.63, 3.8) is 0 Å². The van der Waals surface area contributed by atoms with Crippen molar-refractivity contribution in [1.29, 1.82) is 0 Å². The number of aliphatic hydroxyl groups excluding tert-OH is 6. The SMILES string of the molecule is OCCOCCc1c(OCCO)ccc(Oc2ccc(OCCO)c(CCOCCO)c2-c2ccc(OCCO)cc2)c1-c1ccc(OCCO)cc1. The number of aliphatic hydroxyl groups is 6. The Labute approximate surface area is 309 Å². The summed E-state index contributed by atoms with van der Waals surface area (Å²) in [5.74, 6) is 3.18. The van der Waals surface area contributed by atoms with E-state index in [1.54, 1.807) is 48.5 Å². The van der Waals surface area contributed by atoms with Gasteiger partial charge in [-0.05, 0) is 59.7 Å². The fraction of sp³-hybridized carbons (Fsp3) is 0.400. The monoisotopic (exact) mass is 738 g/mol. The van der Waals surface area contributed by atoms with Crippen LogP contribution in [0.15, 0.2) is 72.8 Å². The van der Waals surface area contributed by atoms with E-state index in [1.165, 1.54) is 0 Å². The molecule has 0 heterocycles. The molecule has 0 aliphatic carbocycles. The second kappa shape index (κ2) is 23.3. The van der Waals surface area contributed by atoms with Crippen LogP contribution in [0.25, 0.3) is 22.3 Å². The maximum atomic E-state index is 9.60. The van der Waals surface area contributed by atoms with Crippen LogP contribution >= 0.6 is 0 Å². The Morgan fingerprint density at radius 2 is 0.679 bits per heavy atom. The van der Waals surface area contributed by atoms with Gasteiger partial charge in [0.2, 0.25) is 0 Å². The molecule has 4 aromatic rings. The lowest BCUT2D eigenvalue weighted by Crippen LogP contribution is -2.10. The molecule has 4 rings (SSSR count). The van der Waals surface area contributed by atoms with Crippen molar-refractivity contribution >= 4 is 0 Å². The molecule has 0 saturated heterocycles. The Morgan fingerprint density at radius 3 is 1.04 bits per heavy atom. The highest BCUT2D eigenvalue weighted by molar-refractivity contribution is 5.81. The van der Waals surface area contributed by atoms with Crippen LogP contribution in [0.1, 0.15) is 11.1 Å². The minimum Gasteiger partial charge on any atom is -0.491 e. The maximum absolute atomic E-state index is 9.60. The molecule has 0 amide bonds. The van der Waals surface area contributed by atoms with Crippen molar-refractivity contribution in [2.75, 3.05) is 92.5 Å². The van der Waals surface area contributed by atoms with Crippen molar-refractivity contribution in [2.45, 2.75) is 12.8 Å². The number of hydrogen-bond acceptors (Lipinski definition) is 13. The summed E-state index contributed by atoms with van der Waals surface area (Å²) in [6.07, 6.45) is 0.777. The first-order valence-corrected chi connectivity index (χ1v) is 17.6. The zero-order valence-electron chi connectivity index (χ0n) is 29.8. The second-order valence-corrected chi connectivity index (χ2v) is 11.4. The van der Waals surface area contributed by atoms with E-state index in [0.717, 1.165) is 22.3 Å². The van der Waals surface area contributed by atoms with Crippen molar-refractivity contribution in [1.82, 2.24) is 0 Å². The topological polar surface area (TPSA) is 186 Å². The van der Waals surface area contributed by atoms with Crippen LogP contribution < -0.4 is 23.7 Å². The van der Waals surface area contributed by atoms with Crippen LogP contribution in [-0.4, -0.2) is 123 Å². The largest absolute Gasteiger partial charge is 0.491 e. The zero-order valence-corrected chi connectivity index (χ0v) is 29.8. The first kappa shape index (κ1) is 41.3. The van der Waals surface area contributed by atoms with Crippen LogP contribution in [0.3, 0.4) is 0 Å². The molecule has 0 saturated carbocycles. The third-order valence-electron chi connectivity index (χ3n) is 7.85. The van der Waals surface area contributed by atoms with Crippen molar-refractivity contribution < 1.29 is 63.8 Å². The summed E-state index contributed by atoms with van der Waals surface area (Å²) in [5.41, 5.74) is 4.46. The Bertz CT molecular complexity index is 1510. The third kappa shape index (κ3) is 12.3. The van der Waals surface area contributed by atoms with Crippen molar-refractivity contribution in [3.05, 3.63) is 83.9 Å². The smallest absolute Gasteiger partial charge is 0.135 e.